The van der Waals surface area contributed by atoms with Gasteiger partial charge in [0.15, 0.2) is 0 Å². The molecule has 34 heavy (non-hydrogen) atoms. The molecule has 2 heterocycles. The molecule has 1 saturated heterocycles. The summed E-state index contributed by atoms with van der Waals surface area (Å²) in [6.07, 6.45) is -4.61. The fourth-order valence-corrected chi connectivity index (χ4v) is 4.58. The Labute approximate surface area is 201 Å². The van der Waals surface area contributed by atoms with E-state index in [2.05, 4.69) is 5.32 Å². The smallest absolute Gasteiger partial charge is 0.432 e. The van der Waals surface area contributed by atoms with Gasteiger partial charge in [-0.15, -0.1) is 0 Å². The fraction of sp³-hybridized carbons (Fsp3) is 0.476. The van der Waals surface area contributed by atoms with Crippen molar-refractivity contribution < 1.29 is 27.8 Å². The Bertz CT molecular complexity index is 1140. The number of nitriles is 1. The number of thiazole rings is 1. The highest BCUT2D eigenvalue weighted by Gasteiger charge is 2.38. The van der Waals surface area contributed by atoms with E-state index in [0.717, 1.165) is 0 Å². The van der Waals surface area contributed by atoms with Crippen LogP contribution < -0.4 is 14.9 Å². The van der Waals surface area contributed by atoms with E-state index in [9.17, 15) is 27.9 Å². The van der Waals surface area contributed by atoms with Crippen LogP contribution in [0.5, 0.6) is 5.75 Å². The van der Waals surface area contributed by atoms with Crippen LogP contribution in [0.4, 0.5) is 13.2 Å². The zero-order valence-electron chi connectivity index (χ0n) is 18.0. The summed E-state index contributed by atoms with van der Waals surface area (Å²) >= 11 is 6.35. The van der Waals surface area contributed by atoms with Gasteiger partial charge in [-0.1, -0.05) is 22.9 Å². The van der Waals surface area contributed by atoms with Gasteiger partial charge < -0.3 is 25.0 Å². The Morgan fingerprint density at radius 2 is 2.12 bits per heavy atom. The molecule has 1 aliphatic rings. The molecule has 3 rings (SSSR count). The number of aliphatic hydroxyl groups is 1. The Balaban J connectivity index is 1.46. The van der Waals surface area contributed by atoms with E-state index in [-0.39, 0.29) is 30.5 Å². The number of halogens is 4. The predicted molar refractivity (Wildman–Crippen MR) is 119 cm³/mol. The molecule has 1 atom stereocenters. The van der Waals surface area contributed by atoms with Gasteiger partial charge in [-0.25, -0.2) is 0 Å². The lowest BCUT2D eigenvalue weighted by atomic mass is 10.1. The average Bonchev–Trinajstić information content (AvgIpc) is 3.19. The summed E-state index contributed by atoms with van der Waals surface area (Å²) in [5.74, 6) is -0.464. The summed E-state index contributed by atoms with van der Waals surface area (Å²) in [7, 11) is 0. The second-order valence-corrected chi connectivity index (χ2v) is 9.22. The number of piperidine rings is 1. The highest BCUT2D eigenvalue weighted by Crippen LogP contribution is 2.32. The van der Waals surface area contributed by atoms with Gasteiger partial charge in [-0.3, -0.25) is 9.59 Å². The van der Waals surface area contributed by atoms with Gasteiger partial charge in [0.1, 0.15) is 28.5 Å². The van der Waals surface area contributed by atoms with Gasteiger partial charge in [0.05, 0.1) is 16.7 Å². The first-order chi connectivity index (χ1) is 16.0. The third-order valence-corrected chi connectivity index (χ3v) is 6.76. The number of H-pyrrole nitrogens is 1. The zero-order chi connectivity index (χ0) is 25.0. The zero-order valence-corrected chi connectivity index (χ0v) is 19.6. The molecule has 0 bridgehead atoms. The largest absolute Gasteiger partial charge is 0.490 e. The van der Waals surface area contributed by atoms with Gasteiger partial charge in [0, 0.05) is 31.7 Å². The second kappa shape index (κ2) is 10.8. The number of carbonyl (C=O) groups is 1. The first kappa shape index (κ1) is 26.0. The van der Waals surface area contributed by atoms with Crippen molar-refractivity contribution in [3.63, 3.8) is 0 Å². The fourth-order valence-electron chi connectivity index (χ4n) is 3.61. The molecule has 0 radical (unpaired) electrons. The molecule has 1 fully saturated rings. The second-order valence-electron chi connectivity index (χ2n) is 7.86. The number of aromatic amines is 1. The first-order valence-electron chi connectivity index (χ1n) is 10.3. The Morgan fingerprint density at radius 1 is 1.44 bits per heavy atom. The van der Waals surface area contributed by atoms with Crippen LogP contribution in [-0.2, 0) is 6.18 Å². The van der Waals surface area contributed by atoms with Gasteiger partial charge in [-0.05, 0) is 31.9 Å². The summed E-state index contributed by atoms with van der Waals surface area (Å²) < 4.78 is 44.9. The quantitative estimate of drug-likeness (QED) is 0.518. The monoisotopic (exact) mass is 518 g/mol. The van der Waals surface area contributed by atoms with Crippen molar-refractivity contribution in [2.45, 2.75) is 38.1 Å². The first-order valence-corrected chi connectivity index (χ1v) is 11.5. The van der Waals surface area contributed by atoms with Crippen molar-refractivity contribution in [2.24, 2.45) is 0 Å². The van der Waals surface area contributed by atoms with Crippen LogP contribution >= 0.6 is 22.9 Å². The number of aromatic nitrogens is 1. The summed E-state index contributed by atoms with van der Waals surface area (Å²) in [5, 5.41) is 21.9. The van der Waals surface area contributed by atoms with Gasteiger partial charge in [0.2, 0.25) is 0 Å². The van der Waals surface area contributed by atoms with Crippen LogP contribution in [0, 0.1) is 18.3 Å². The summed E-state index contributed by atoms with van der Waals surface area (Å²) in [6, 6.07) is 5.34. The van der Waals surface area contributed by atoms with Crippen molar-refractivity contribution in [2.75, 3.05) is 26.2 Å². The number of hydrogen-bond acceptors (Lipinski definition) is 7. The Hall–Kier alpha value is -2.59. The molecule has 184 valence electrons. The van der Waals surface area contributed by atoms with Crippen LogP contribution in [-0.4, -0.2) is 59.3 Å². The molecule has 13 heteroatoms. The number of nitrogens with one attached hydrogen (secondary N) is 2. The Kier molecular flexibility index (Phi) is 8.25. The van der Waals surface area contributed by atoms with Crippen LogP contribution in [0.1, 0.15) is 39.3 Å². The van der Waals surface area contributed by atoms with Crippen molar-refractivity contribution in [1.82, 2.24) is 15.2 Å². The molecule has 3 N–H and O–H groups in total. The molecule has 0 saturated carbocycles. The molecule has 1 amide bonds. The van der Waals surface area contributed by atoms with Crippen molar-refractivity contribution in [1.29, 1.82) is 5.26 Å². The van der Waals surface area contributed by atoms with E-state index in [1.54, 1.807) is 24.0 Å². The number of hydrogen-bond donors (Lipinski definition) is 3. The van der Waals surface area contributed by atoms with Crippen LogP contribution in [0.3, 0.4) is 0 Å². The maximum atomic E-state index is 12.9. The third-order valence-electron chi connectivity index (χ3n) is 5.39. The van der Waals surface area contributed by atoms with Gasteiger partial charge in [-0.2, -0.15) is 18.4 Å². The number of ether oxygens (including phenoxy) is 1. The van der Waals surface area contributed by atoms with E-state index in [1.165, 1.54) is 0 Å². The molecular weight excluding hydrogens is 497 g/mol. The van der Waals surface area contributed by atoms with Crippen molar-refractivity contribution >= 4 is 28.8 Å². The van der Waals surface area contributed by atoms with E-state index in [4.69, 9.17) is 21.6 Å². The number of amides is 1. The molecule has 0 spiro atoms. The molecule has 0 aliphatic carbocycles. The number of benzene rings is 1. The Morgan fingerprint density at radius 3 is 2.74 bits per heavy atom. The summed E-state index contributed by atoms with van der Waals surface area (Å²) in [5.41, 5.74) is -0.325. The van der Waals surface area contributed by atoms with E-state index < -0.39 is 33.6 Å². The minimum absolute atomic E-state index is 0.0760. The molecule has 1 unspecified atom stereocenters. The highest BCUT2D eigenvalue weighted by molar-refractivity contribution is 7.11. The number of likely N-dealkylation sites (tertiary alicyclic amines) is 1. The summed E-state index contributed by atoms with van der Waals surface area (Å²) in [4.78, 5) is 25.2. The van der Waals surface area contributed by atoms with Gasteiger partial charge in [0.25, 0.3) is 5.91 Å². The topological polar surface area (TPSA) is 118 Å². The maximum Gasteiger partial charge on any atom is 0.432 e. The number of nitrogens with zero attached hydrogens (tertiary/aromatic N) is 2. The maximum absolute atomic E-state index is 12.9. The molecule has 2 aromatic rings. The predicted octanol–water partition coefficient (Wildman–Crippen LogP) is 2.92. The number of alkyl halides is 3. The standard InChI is InChI=1S/C21H22ClF3N4O4S/c1-11-15(3-2-12(8-26)16(11)22)33-14-4-6-29(7-5-14)10-13(30)9-27-19(31)17-18(21(23,24)25)28-20(32)34-17/h2-3,13-14,30H,4-7,9-10H2,1H3,(H,27,31)(H,28,32). The molecule has 1 aromatic carbocycles. The molecule has 1 aliphatic heterocycles. The molecular formula is C21H22ClF3N4O4S. The van der Waals surface area contributed by atoms with Crippen molar-refractivity contribution in [3.8, 4) is 11.8 Å². The normalized spacial score (nSPS) is 16.1. The van der Waals surface area contributed by atoms with E-state index in [1.807, 2.05) is 11.0 Å². The lowest BCUT2D eigenvalue weighted by molar-refractivity contribution is -0.141. The lowest BCUT2D eigenvalue weighted by Crippen LogP contribution is -2.45. The van der Waals surface area contributed by atoms with E-state index >= 15 is 0 Å². The number of β-amino-alcohol motifs (C(OH)–C–C–N with tert-alkyl or cyclic N) is 1. The van der Waals surface area contributed by atoms with Crippen molar-refractivity contribution in [3.05, 3.63) is 48.5 Å². The van der Waals surface area contributed by atoms with Gasteiger partial charge >= 0.3 is 11.0 Å². The van der Waals surface area contributed by atoms with Crippen LogP contribution in [0.2, 0.25) is 5.02 Å². The number of rotatable bonds is 7. The lowest BCUT2D eigenvalue weighted by Gasteiger charge is -2.33. The molecule has 8 nitrogen and oxygen atoms in total. The third kappa shape index (κ3) is 6.29. The van der Waals surface area contributed by atoms with Crippen LogP contribution in [0.15, 0.2) is 16.9 Å². The molecule has 1 aromatic heterocycles. The number of carbonyl (C=O) groups excluding carboxylic acids is 1. The highest BCUT2D eigenvalue weighted by atomic mass is 35.5. The van der Waals surface area contributed by atoms with Crippen LogP contribution in [0.25, 0.3) is 0 Å². The van der Waals surface area contributed by atoms with E-state index in [0.29, 0.717) is 47.8 Å². The summed E-state index contributed by atoms with van der Waals surface area (Å²) in [6.45, 7) is 2.95. The average molecular weight is 519 g/mol. The minimum atomic E-state index is -4.86. The SMILES string of the molecule is Cc1c(OC2CCN(CC(O)CNC(=O)c3sc(=O)[nH]c3C(F)(F)F)CC2)ccc(C#N)c1Cl. The minimum Gasteiger partial charge on any atom is -0.490 e. The number of aliphatic hydroxyl groups excluding tert-OH is 1.